The van der Waals surface area contributed by atoms with Gasteiger partial charge in [0.25, 0.3) is 0 Å². The van der Waals surface area contributed by atoms with Crippen molar-refractivity contribution in [2.75, 3.05) is 0 Å². The van der Waals surface area contributed by atoms with Gasteiger partial charge in [0.2, 0.25) is 0 Å². The minimum atomic E-state index is 0.0649. The van der Waals surface area contributed by atoms with Crippen LogP contribution in [0.4, 0.5) is 0 Å². The highest BCUT2D eigenvalue weighted by molar-refractivity contribution is 5.45. The van der Waals surface area contributed by atoms with Crippen LogP contribution in [0.2, 0.25) is 0 Å². The van der Waals surface area contributed by atoms with Crippen LogP contribution in [0.1, 0.15) is 26.6 Å². The van der Waals surface area contributed by atoms with Gasteiger partial charge in [0.05, 0.1) is 11.7 Å². The van der Waals surface area contributed by atoms with E-state index in [1.807, 2.05) is 23.0 Å². The number of rotatable bonds is 0. The summed E-state index contributed by atoms with van der Waals surface area (Å²) in [5, 5.41) is 0. The van der Waals surface area contributed by atoms with Gasteiger partial charge in [-0.05, 0) is 6.07 Å². The van der Waals surface area contributed by atoms with Crippen molar-refractivity contribution in [1.82, 2.24) is 14.4 Å². The third kappa shape index (κ3) is 1.30. The summed E-state index contributed by atoms with van der Waals surface area (Å²) in [5.74, 6) is 1.05. The Balaban J connectivity index is 2.72. The van der Waals surface area contributed by atoms with Crippen LogP contribution in [0.5, 0.6) is 0 Å². The fourth-order valence-corrected chi connectivity index (χ4v) is 1.40. The first-order chi connectivity index (χ1) is 6.09. The van der Waals surface area contributed by atoms with Gasteiger partial charge in [0.1, 0.15) is 12.2 Å². The molecule has 0 bridgehead atoms. The summed E-state index contributed by atoms with van der Waals surface area (Å²) in [5.41, 5.74) is 1.16. The highest BCUT2D eigenvalue weighted by Gasteiger charge is 2.18. The van der Waals surface area contributed by atoms with Gasteiger partial charge in [0, 0.05) is 11.6 Å². The first-order valence-corrected chi connectivity index (χ1v) is 4.36. The summed E-state index contributed by atoms with van der Waals surface area (Å²) in [6.07, 6.45) is 5.47. The van der Waals surface area contributed by atoms with Gasteiger partial charge in [-0.3, -0.25) is 4.40 Å². The summed E-state index contributed by atoms with van der Waals surface area (Å²) in [4.78, 5) is 8.47. The molecule has 13 heavy (non-hydrogen) atoms. The van der Waals surface area contributed by atoms with Crippen molar-refractivity contribution in [2.24, 2.45) is 0 Å². The SMILES string of the molecule is CC(C)(C)c1ncc2ccncn12. The van der Waals surface area contributed by atoms with Crippen LogP contribution >= 0.6 is 0 Å². The maximum absolute atomic E-state index is 4.39. The molecule has 0 unspecified atom stereocenters. The van der Waals surface area contributed by atoms with E-state index in [1.165, 1.54) is 0 Å². The zero-order valence-corrected chi connectivity index (χ0v) is 8.15. The number of hydrogen-bond donors (Lipinski definition) is 0. The second-order valence-corrected chi connectivity index (χ2v) is 4.21. The molecule has 0 amide bonds. The molecule has 0 aromatic carbocycles. The zero-order chi connectivity index (χ0) is 9.47. The van der Waals surface area contributed by atoms with Gasteiger partial charge >= 0.3 is 0 Å². The lowest BCUT2D eigenvalue weighted by Gasteiger charge is -2.16. The van der Waals surface area contributed by atoms with Crippen LogP contribution in [0, 0.1) is 0 Å². The van der Waals surface area contributed by atoms with E-state index < -0.39 is 0 Å². The summed E-state index contributed by atoms with van der Waals surface area (Å²) in [6, 6.07) is 1.96. The van der Waals surface area contributed by atoms with E-state index >= 15 is 0 Å². The normalized spacial score (nSPS) is 12.2. The van der Waals surface area contributed by atoms with Gasteiger partial charge in [-0.1, -0.05) is 20.8 Å². The molecule has 3 heteroatoms. The van der Waals surface area contributed by atoms with Gasteiger partial charge in [0.15, 0.2) is 0 Å². The van der Waals surface area contributed by atoms with Crippen LogP contribution in [-0.4, -0.2) is 14.4 Å². The van der Waals surface area contributed by atoms with Crippen molar-refractivity contribution < 1.29 is 0 Å². The molecule has 0 aliphatic rings. The van der Waals surface area contributed by atoms with E-state index in [9.17, 15) is 0 Å². The van der Waals surface area contributed by atoms with Crippen LogP contribution in [0.3, 0.4) is 0 Å². The lowest BCUT2D eigenvalue weighted by Crippen LogP contribution is -2.15. The molecule has 0 aliphatic heterocycles. The molecule has 0 saturated heterocycles. The largest absolute Gasteiger partial charge is 0.287 e. The van der Waals surface area contributed by atoms with E-state index in [2.05, 4.69) is 30.7 Å². The topological polar surface area (TPSA) is 30.2 Å². The summed E-state index contributed by atoms with van der Waals surface area (Å²) < 4.78 is 2.03. The lowest BCUT2D eigenvalue weighted by molar-refractivity contribution is 0.541. The number of imidazole rings is 1. The molecular weight excluding hydrogens is 162 g/mol. The monoisotopic (exact) mass is 175 g/mol. The number of hydrogen-bond acceptors (Lipinski definition) is 2. The third-order valence-corrected chi connectivity index (χ3v) is 2.01. The number of nitrogens with zero attached hydrogens (tertiary/aromatic N) is 3. The van der Waals surface area contributed by atoms with E-state index in [0.717, 1.165) is 11.3 Å². The standard InChI is InChI=1S/C10H13N3/c1-10(2,3)9-12-6-8-4-5-11-7-13(8)9/h4-7H,1-3H3. The van der Waals surface area contributed by atoms with Crippen LogP contribution in [-0.2, 0) is 5.41 Å². The van der Waals surface area contributed by atoms with Crippen LogP contribution in [0.25, 0.3) is 5.52 Å². The average Bonchev–Trinajstić information content (AvgIpc) is 2.45. The lowest BCUT2D eigenvalue weighted by atomic mass is 9.96. The van der Waals surface area contributed by atoms with Gasteiger partial charge in [-0.25, -0.2) is 9.97 Å². The highest BCUT2D eigenvalue weighted by Crippen LogP contribution is 2.21. The second kappa shape index (κ2) is 2.55. The summed E-state index contributed by atoms with van der Waals surface area (Å²) in [7, 11) is 0. The minimum absolute atomic E-state index is 0.0649. The Kier molecular flexibility index (Phi) is 1.62. The Morgan fingerprint density at radius 1 is 1.31 bits per heavy atom. The molecule has 3 nitrogen and oxygen atoms in total. The first kappa shape index (κ1) is 8.23. The molecule has 0 saturated carbocycles. The highest BCUT2D eigenvalue weighted by atomic mass is 15.1. The van der Waals surface area contributed by atoms with Crippen molar-refractivity contribution in [2.45, 2.75) is 26.2 Å². The van der Waals surface area contributed by atoms with E-state index in [1.54, 1.807) is 6.20 Å². The Morgan fingerprint density at radius 3 is 2.77 bits per heavy atom. The molecule has 0 radical (unpaired) electrons. The number of fused-ring (bicyclic) bond motifs is 1. The maximum Gasteiger partial charge on any atom is 0.119 e. The Morgan fingerprint density at radius 2 is 2.08 bits per heavy atom. The molecule has 0 aliphatic carbocycles. The van der Waals surface area contributed by atoms with Crippen molar-refractivity contribution in [3.05, 3.63) is 30.6 Å². The molecule has 2 aromatic heterocycles. The molecule has 0 fully saturated rings. The fourth-order valence-electron chi connectivity index (χ4n) is 1.40. The van der Waals surface area contributed by atoms with Gasteiger partial charge in [-0.2, -0.15) is 0 Å². The fraction of sp³-hybridized carbons (Fsp3) is 0.400. The van der Waals surface area contributed by atoms with E-state index in [-0.39, 0.29) is 5.41 Å². The van der Waals surface area contributed by atoms with Crippen molar-refractivity contribution in [1.29, 1.82) is 0 Å². The van der Waals surface area contributed by atoms with Crippen molar-refractivity contribution >= 4 is 5.52 Å². The van der Waals surface area contributed by atoms with Gasteiger partial charge in [-0.15, -0.1) is 0 Å². The molecule has 68 valence electrons. The molecule has 0 N–H and O–H groups in total. The molecule has 2 heterocycles. The van der Waals surface area contributed by atoms with Crippen LogP contribution < -0.4 is 0 Å². The Bertz CT molecular complexity index is 423. The van der Waals surface area contributed by atoms with Crippen molar-refractivity contribution in [3.8, 4) is 0 Å². The van der Waals surface area contributed by atoms with E-state index in [0.29, 0.717) is 0 Å². The zero-order valence-electron chi connectivity index (χ0n) is 8.15. The molecule has 2 aromatic rings. The molecule has 0 atom stereocenters. The van der Waals surface area contributed by atoms with Gasteiger partial charge < -0.3 is 0 Å². The molecular formula is C10H13N3. The maximum atomic E-state index is 4.39. The summed E-state index contributed by atoms with van der Waals surface area (Å²) in [6.45, 7) is 6.44. The van der Waals surface area contributed by atoms with Crippen molar-refractivity contribution in [3.63, 3.8) is 0 Å². The summed E-state index contributed by atoms with van der Waals surface area (Å²) >= 11 is 0. The smallest absolute Gasteiger partial charge is 0.119 e. The number of aromatic nitrogens is 3. The predicted octanol–water partition coefficient (Wildman–Crippen LogP) is 2.03. The molecule has 2 rings (SSSR count). The second-order valence-electron chi connectivity index (χ2n) is 4.21. The molecule has 0 spiro atoms. The van der Waals surface area contributed by atoms with Crippen LogP contribution in [0.15, 0.2) is 24.8 Å². The predicted molar refractivity (Wildman–Crippen MR) is 51.7 cm³/mol. The quantitative estimate of drug-likeness (QED) is 0.613. The first-order valence-electron chi connectivity index (χ1n) is 4.36. The third-order valence-electron chi connectivity index (χ3n) is 2.01. The average molecular weight is 175 g/mol. The van der Waals surface area contributed by atoms with E-state index in [4.69, 9.17) is 0 Å². The Labute approximate surface area is 77.4 Å². The Hall–Kier alpha value is -1.38. The minimum Gasteiger partial charge on any atom is -0.287 e.